The highest BCUT2D eigenvalue weighted by Gasteiger charge is 2.17. The molecule has 0 unspecified atom stereocenters. The summed E-state index contributed by atoms with van der Waals surface area (Å²) in [6.45, 7) is 0. The zero-order valence-corrected chi connectivity index (χ0v) is 5.61. The van der Waals surface area contributed by atoms with Gasteiger partial charge in [0.1, 0.15) is 6.10 Å². The SMILES string of the molecule is O[C@H](c1ccncc1)C(F)F. The minimum absolute atomic E-state index is 0.190. The van der Waals surface area contributed by atoms with Gasteiger partial charge in [-0.25, -0.2) is 8.78 Å². The smallest absolute Gasteiger partial charge is 0.268 e. The van der Waals surface area contributed by atoms with Gasteiger partial charge in [0.05, 0.1) is 0 Å². The number of aliphatic hydroxyl groups excluding tert-OH is 1. The van der Waals surface area contributed by atoms with E-state index in [1.165, 1.54) is 24.5 Å². The Bertz CT molecular complexity index is 215. The van der Waals surface area contributed by atoms with Crippen molar-refractivity contribution in [1.82, 2.24) is 4.98 Å². The number of hydrogen-bond donors (Lipinski definition) is 1. The fourth-order valence-electron chi connectivity index (χ4n) is 0.706. The van der Waals surface area contributed by atoms with Gasteiger partial charge in [0.15, 0.2) is 0 Å². The van der Waals surface area contributed by atoms with E-state index >= 15 is 0 Å². The van der Waals surface area contributed by atoms with Crippen LogP contribution in [0.1, 0.15) is 11.7 Å². The predicted molar refractivity (Wildman–Crippen MR) is 35.2 cm³/mol. The molecule has 0 spiro atoms. The first-order valence-electron chi connectivity index (χ1n) is 3.08. The van der Waals surface area contributed by atoms with Gasteiger partial charge in [-0.15, -0.1) is 0 Å². The Morgan fingerprint density at radius 2 is 1.82 bits per heavy atom. The van der Waals surface area contributed by atoms with Crippen LogP contribution in [0.2, 0.25) is 0 Å². The summed E-state index contributed by atoms with van der Waals surface area (Å²) in [6.07, 6.45) is -1.71. The molecule has 0 aliphatic carbocycles. The molecule has 1 heterocycles. The highest BCUT2D eigenvalue weighted by atomic mass is 19.3. The van der Waals surface area contributed by atoms with Crippen LogP contribution in [0.5, 0.6) is 0 Å². The van der Waals surface area contributed by atoms with Crippen LogP contribution < -0.4 is 0 Å². The Morgan fingerprint density at radius 1 is 1.27 bits per heavy atom. The molecular formula is C7H7F2NO. The molecule has 0 aliphatic rings. The molecule has 0 saturated carbocycles. The average Bonchev–Trinajstić information content (AvgIpc) is 2.05. The van der Waals surface area contributed by atoms with Gasteiger partial charge in [0.25, 0.3) is 6.43 Å². The average molecular weight is 159 g/mol. The van der Waals surface area contributed by atoms with E-state index in [-0.39, 0.29) is 5.56 Å². The largest absolute Gasteiger partial charge is 0.382 e. The van der Waals surface area contributed by atoms with Gasteiger partial charge in [0.2, 0.25) is 0 Å². The molecule has 4 heteroatoms. The van der Waals surface area contributed by atoms with Crippen LogP contribution in [0.15, 0.2) is 24.5 Å². The number of pyridine rings is 1. The van der Waals surface area contributed by atoms with E-state index in [1.54, 1.807) is 0 Å². The van der Waals surface area contributed by atoms with Crippen molar-refractivity contribution in [2.45, 2.75) is 12.5 Å². The summed E-state index contributed by atoms with van der Waals surface area (Å²) in [5, 5.41) is 8.82. The Kier molecular flexibility index (Phi) is 2.48. The van der Waals surface area contributed by atoms with Gasteiger partial charge in [-0.3, -0.25) is 4.98 Å². The van der Waals surface area contributed by atoms with E-state index in [2.05, 4.69) is 4.98 Å². The molecular weight excluding hydrogens is 152 g/mol. The first-order chi connectivity index (χ1) is 5.22. The highest BCUT2D eigenvalue weighted by molar-refractivity contribution is 5.13. The van der Waals surface area contributed by atoms with Gasteiger partial charge >= 0.3 is 0 Å². The summed E-state index contributed by atoms with van der Waals surface area (Å²) >= 11 is 0. The van der Waals surface area contributed by atoms with Crippen molar-refractivity contribution >= 4 is 0 Å². The van der Waals surface area contributed by atoms with Crippen molar-refractivity contribution < 1.29 is 13.9 Å². The minimum Gasteiger partial charge on any atom is -0.382 e. The number of nitrogens with zero attached hydrogens (tertiary/aromatic N) is 1. The zero-order chi connectivity index (χ0) is 8.27. The number of halogens is 2. The molecule has 0 bridgehead atoms. The maximum absolute atomic E-state index is 11.8. The molecule has 11 heavy (non-hydrogen) atoms. The third-order valence-electron chi connectivity index (χ3n) is 1.29. The Hall–Kier alpha value is -1.03. The van der Waals surface area contributed by atoms with Crippen molar-refractivity contribution in [2.24, 2.45) is 0 Å². The molecule has 0 radical (unpaired) electrons. The fraction of sp³-hybridized carbons (Fsp3) is 0.286. The van der Waals surface area contributed by atoms with Crippen LogP contribution in [0.4, 0.5) is 8.78 Å². The number of hydrogen-bond acceptors (Lipinski definition) is 2. The maximum atomic E-state index is 11.8. The van der Waals surface area contributed by atoms with Crippen molar-refractivity contribution in [1.29, 1.82) is 0 Å². The van der Waals surface area contributed by atoms with Gasteiger partial charge in [-0.05, 0) is 17.7 Å². The number of alkyl halides is 2. The van der Waals surface area contributed by atoms with E-state index in [4.69, 9.17) is 5.11 Å². The Balaban J connectivity index is 2.77. The molecule has 0 aliphatic heterocycles. The van der Waals surface area contributed by atoms with Gasteiger partial charge in [-0.2, -0.15) is 0 Å². The van der Waals surface area contributed by atoms with Crippen molar-refractivity contribution in [3.63, 3.8) is 0 Å². The molecule has 2 nitrogen and oxygen atoms in total. The maximum Gasteiger partial charge on any atom is 0.268 e. The van der Waals surface area contributed by atoms with E-state index in [1.807, 2.05) is 0 Å². The first-order valence-corrected chi connectivity index (χ1v) is 3.08. The van der Waals surface area contributed by atoms with Crippen molar-refractivity contribution in [2.75, 3.05) is 0 Å². The molecule has 0 aromatic carbocycles. The standard InChI is InChI=1S/C7H7F2NO/c8-7(9)6(11)5-1-3-10-4-2-5/h1-4,6-7,11H/t6-/m1/s1. The van der Waals surface area contributed by atoms with Crippen LogP contribution in [0.3, 0.4) is 0 Å². The lowest BCUT2D eigenvalue weighted by atomic mass is 10.1. The van der Waals surface area contributed by atoms with E-state index in [9.17, 15) is 8.78 Å². The van der Waals surface area contributed by atoms with Gasteiger partial charge in [-0.1, -0.05) is 0 Å². The van der Waals surface area contributed by atoms with E-state index < -0.39 is 12.5 Å². The van der Waals surface area contributed by atoms with Gasteiger partial charge in [0, 0.05) is 12.4 Å². The number of aliphatic hydroxyl groups is 1. The molecule has 1 rings (SSSR count). The quantitative estimate of drug-likeness (QED) is 0.707. The lowest BCUT2D eigenvalue weighted by Crippen LogP contribution is -2.07. The van der Waals surface area contributed by atoms with E-state index in [0.717, 1.165) is 0 Å². The third-order valence-corrected chi connectivity index (χ3v) is 1.29. The minimum atomic E-state index is -2.74. The van der Waals surface area contributed by atoms with E-state index in [0.29, 0.717) is 0 Å². The molecule has 1 N–H and O–H groups in total. The van der Waals surface area contributed by atoms with Crippen LogP contribution in [0.25, 0.3) is 0 Å². The van der Waals surface area contributed by atoms with Crippen LogP contribution in [-0.2, 0) is 0 Å². The second kappa shape index (κ2) is 3.39. The molecule has 0 amide bonds. The lowest BCUT2D eigenvalue weighted by molar-refractivity contribution is -0.00582. The normalized spacial score (nSPS) is 13.5. The third kappa shape index (κ3) is 1.94. The zero-order valence-electron chi connectivity index (χ0n) is 5.61. The molecule has 0 fully saturated rings. The second-order valence-electron chi connectivity index (χ2n) is 2.06. The predicted octanol–water partition coefficient (Wildman–Crippen LogP) is 1.38. The number of aromatic nitrogens is 1. The molecule has 1 atom stereocenters. The summed E-state index contributed by atoms with van der Waals surface area (Å²) in [5.41, 5.74) is 0.190. The fourth-order valence-corrected chi connectivity index (χ4v) is 0.706. The summed E-state index contributed by atoms with van der Waals surface area (Å²) in [4.78, 5) is 3.63. The monoisotopic (exact) mass is 159 g/mol. The van der Waals surface area contributed by atoms with Crippen LogP contribution in [0, 0.1) is 0 Å². The lowest BCUT2D eigenvalue weighted by Gasteiger charge is -2.07. The van der Waals surface area contributed by atoms with Crippen molar-refractivity contribution in [3.8, 4) is 0 Å². The Morgan fingerprint density at radius 3 is 2.27 bits per heavy atom. The highest BCUT2D eigenvalue weighted by Crippen LogP contribution is 2.18. The van der Waals surface area contributed by atoms with Crippen LogP contribution in [-0.4, -0.2) is 16.5 Å². The molecule has 60 valence electrons. The molecule has 1 aromatic rings. The molecule has 0 saturated heterocycles. The molecule has 1 aromatic heterocycles. The summed E-state index contributed by atoms with van der Waals surface area (Å²) in [6, 6.07) is 2.72. The summed E-state index contributed by atoms with van der Waals surface area (Å²) < 4.78 is 23.7. The Labute approximate surface area is 62.5 Å². The van der Waals surface area contributed by atoms with Crippen LogP contribution >= 0.6 is 0 Å². The summed E-state index contributed by atoms with van der Waals surface area (Å²) in [7, 11) is 0. The second-order valence-corrected chi connectivity index (χ2v) is 2.06. The number of rotatable bonds is 2. The first kappa shape index (κ1) is 8.07. The topological polar surface area (TPSA) is 33.1 Å². The van der Waals surface area contributed by atoms with Gasteiger partial charge < -0.3 is 5.11 Å². The van der Waals surface area contributed by atoms with Crippen molar-refractivity contribution in [3.05, 3.63) is 30.1 Å². The summed E-state index contributed by atoms with van der Waals surface area (Å²) in [5.74, 6) is 0.